The summed E-state index contributed by atoms with van der Waals surface area (Å²) in [6, 6.07) is 74.8. The van der Waals surface area contributed by atoms with Crippen molar-refractivity contribution in [2.45, 2.75) is 0 Å². The fourth-order valence-electron chi connectivity index (χ4n) is 10.4. The molecule has 0 aliphatic heterocycles. The Bertz CT molecular complexity index is 4210. The number of rotatable bonds is 4. The molecule has 0 unspecified atom stereocenters. The monoisotopic (exact) mass is 818 g/mol. The molecule has 0 amide bonds. The molecule has 0 fully saturated rings. The van der Waals surface area contributed by atoms with Gasteiger partial charge < -0.3 is 9.13 Å². The van der Waals surface area contributed by atoms with Crippen molar-refractivity contribution in [1.82, 2.24) is 19.1 Å². The SMILES string of the molecule is c1ccc2c(-n3c4ccccc4c4ccc5ccccc5c43)c3c4ccccc4n(-c4ccc(-c5nc6ccccc6nc5-c5cccc6sc7ccccc7c56)cc4)c3cc2c1. The first-order valence-corrected chi connectivity index (χ1v) is 22.2. The van der Waals surface area contributed by atoms with Crippen LogP contribution < -0.4 is 0 Å². The quantitative estimate of drug-likeness (QED) is 0.177. The highest BCUT2D eigenvalue weighted by atomic mass is 32.1. The Labute approximate surface area is 365 Å². The number of thiophene rings is 1. The van der Waals surface area contributed by atoms with E-state index < -0.39 is 0 Å². The Morgan fingerprint density at radius 2 is 0.984 bits per heavy atom. The summed E-state index contributed by atoms with van der Waals surface area (Å²) in [6.45, 7) is 0. The van der Waals surface area contributed by atoms with Gasteiger partial charge in [0, 0.05) is 69.3 Å². The number of fused-ring (bicyclic) bond motifs is 13. The second kappa shape index (κ2) is 13.2. The van der Waals surface area contributed by atoms with Crippen LogP contribution in [0.15, 0.2) is 206 Å². The van der Waals surface area contributed by atoms with Gasteiger partial charge in [0.05, 0.1) is 50.2 Å². The van der Waals surface area contributed by atoms with Crippen LogP contribution in [-0.4, -0.2) is 19.1 Å². The van der Waals surface area contributed by atoms with Gasteiger partial charge in [0.2, 0.25) is 0 Å². The molecule has 10 aromatic carbocycles. The molecule has 0 N–H and O–H groups in total. The molecule has 0 spiro atoms. The van der Waals surface area contributed by atoms with Crippen LogP contribution in [0.5, 0.6) is 0 Å². The zero-order chi connectivity index (χ0) is 41.2. The average Bonchev–Trinajstić information content (AvgIpc) is 4.01. The Balaban J connectivity index is 1.03. The van der Waals surface area contributed by atoms with Crippen LogP contribution in [0.2, 0.25) is 0 Å². The number of aromatic nitrogens is 4. The number of benzene rings is 10. The number of nitrogens with zero attached hydrogens (tertiary/aromatic N) is 4. The Morgan fingerprint density at radius 3 is 1.79 bits per heavy atom. The predicted octanol–water partition coefficient (Wildman–Crippen LogP) is 15.8. The minimum absolute atomic E-state index is 0.872. The lowest BCUT2D eigenvalue weighted by molar-refractivity contribution is 1.17. The van der Waals surface area contributed by atoms with Crippen LogP contribution in [0.1, 0.15) is 0 Å². The van der Waals surface area contributed by atoms with Crippen LogP contribution in [0.25, 0.3) is 130 Å². The van der Waals surface area contributed by atoms with Crippen LogP contribution in [-0.2, 0) is 0 Å². The van der Waals surface area contributed by atoms with E-state index in [0.717, 1.165) is 50.3 Å². The van der Waals surface area contributed by atoms with E-state index in [4.69, 9.17) is 9.97 Å². The van der Waals surface area contributed by atoms with Gasteiger partial charge in [-0.05, 0) is 65.4 Å². The molecule has 14 aromatic rings. The molecular formula is C58H34N4S. The van der Waals surface area contributed by atoms with Crippen molar-refractivity contribution in [2.75, 3.05) is 0 Å². The molecule has 0 radical (unpaired) electrons. The summed E-state index contributed by atoms with van der Waals surface area (Å²) in [5.41, 5.74) is 12.7. The summed E-state index contributed by atoms with van der Waals surface area (Å²) >= 11 is 1.83. The van der Waals surface area contributed by atoms with E-state index in [-0.39, 0.29) is 0 Å². The van der Waals surface area contributed by atoms with Crippen LogP contribution in [0.4, 0.5) is 0 Å². The third kappa shape index (κ3) is 4.97. The van der Waals surface area contributed by atoms with E-state index >= 15 is 0 Å². The van der Waals surface area contributed by atoms with Crippen LogP contribution >= 0.6 is 11.3 Å². The van der Waals surface area contributed by atoms with Gasteiger partial charge in [-0.2, -0.15) is 0 Å². The summed E-state index contributed by atoms with van der Waals surface area (Å²) < 4.78 is 7.52. The lowest BCUT2D eigenvalue weighted by Gasteiger charge is -2.16. The zero-order valence-electron chi connectivity index (χ0n) is 33.8. The second-order valence-electron chi connectivity index (χ2n) is 16.5. The van der Waals surface area contributed by atoms with E-state index in [9.17, 15) is 0 Å². The van der Waals surface area contributed by atoms with Crippen molar-refractivity contribution in [3.63, 3.8) is 0 Å². The normalized spacial score (nSPS) is 12.1. The Hall–Kier alpha value is -8.12. The lowest BCUT2D eigenvalue weighted by Crippen LogP contribution is -1.99. The van der Waals surface area contributed by atoms with Crippen LogP contribution in [0, 0.1) is 0 Å². The molecule has 0 aliphatic carbocycles. The highest BCUT2D eigenvalue weighted by molar-refractivity contribution is 7.25. The molecule has 14 rings (SSSR count). The smallest absolute Gasteiger partial charge is 0.0979 e. The number of hydrogen-bond acceptors (Lipinski definition) is 3. The fourth-order valence-corrected chi connectivity index (χ4v) is 11.5. The molecule has 0 aliphatic rings. The van der Waals surface area contributed by atoms with E-state index in [2.05, 4.69) is 203 Å². The van der Waals surface area contributed by atoms with Gasteiger partial charge in [0.1, 0.15) is 0 Å². The van der Waals surface area contributed by atoms with Gasteiger partial charge in [-0.25, -0.2) is 9.97 Å². The summed E-state index contributed by atoms with van der Waals surface area (Å²) in [7, 11) is 0. The third-order valence-electron chi connectivity index (χ3n) is 13.1. The summed E-state index contributed by atoms with van der Waals surface area (Å²) in [4.78, 5) is 10.7. The molecule has 4 heterocycles. The minimum atomic E-state index is 0.872. The molecule has 0 bridgehead atoms. The molecule has 292 valence electrons. The van der Waals surface area contributed by atoms with Gasteiger partial charge in [0.25, 0.3) is 0 Å². The molecule has 0 saturated carbocycles. The maximum absolute atomic E-state index is 5.37. The van der Waals surface area contributed by atoms with Crippen LogP contribution in [0.3, 0.4) is 0 Å². The maximum Gasteiger partial charge on any atom is 0.0979 e. The van der Waals surface area contributed by atoms with Crippen molar-refractivity contribution < 1.29 is 0 Å². The van der Waals surface area contributed by atoms with Crippen molar-refractivity contribution in [3.8, 4) is 33.9 Å². The topological polar surface area (TPSA) is 35.6 Å². The molecular weight excluding hydrogens is 785 g/mol. The lowest BCUT2D eigenvalue weighted by atomic mass is 9.99. The molecule has 4 nitrogen and oxygen atoms in total. The van der Waals surface area contributed by atoms with E-state index in [0.29, 0.717) is 0 Å². The van der Waals surface area contributed by atoms with Crippen molar-refractivity contribution in [1.29, 1.82) is 0 Å². The largest absolute Gasteiger partial charge is 0.309 e. The standard InChI is InChI=1S/C58H34N4S/c1-3-16-39-35(14-1)30-33-42-41-18-5-10-24-48(41)62(57(39)42)58-40-17-4-2-15-37(40)34-50-54(58)43-19-6-11-25-49(43)61(50)38-31-28-36(29-32-38)55-56(60-47-23-9-8-22-46(47)59-55)45-21-13-27-52-53(45)44-20-7-12-26-51(44)63-52/h1-34H. The van der Waals surface area contributed by atoms with Crippen molar-refractivity contribution >= 4 is 108 Å². The molecule has 5 heteroatoms. The Kier molecular flexibility index (Phi) is 7.24. The second-order valence-corrected chi connectivity index (χ2v) is 17.5. The molecule has 4 aromatic heterocycles. The number of hydrogen-bond donors (Lipinski definition) is 0. The summed E-state index contributed by atoms with van der Waals surface area (Å²) in [5, 5.41) is 12.3. The average molecular weight is 819 g/mol. The maximum atomic E-state index is 5.37. The van der Waals surface area contributed by atoms with Gasteiger partial charge in [0.15, 0.2) is 0 Å². The molecule has 63 heavy (non-hydrogen) atoms. The zero-order valence-corrected chi connectivity index (χ0v) is 34.6. The van der Waals surface area contributed by atoms with Gasteiger partial charge >= 0.3 is 0 Å². The van der Waals surface area contributed by atoms with E-state index in [1.54, 1.807) is 0 Å². The molecule has 0 saturated heterocycles. The first-order chi connectivity index (χ1) is 31.3. The molecule has 0 atom stereocenters. The summed E-state index contributed by atoms with van der Waals surface area (Å²) in [5.74, 6) is 0. The van der Waals surface area contributed by atoms with E-state index in [1.807, 2.05) is 23.5 Å². The minimum Gasteiger partial charge on any atom is -0.309 e. The highest BCUT2D eigenvalue weighted by Gasteiger charge is 2.24. The van der Waals surface area contributed by atoms with Gasteiger partial charge in [-0.15, -0.1) is 11.3 Å². The third-order valence-corrected chi connectivity index (χ3v) is 14.2. The van der Waals surface area contributed by atoms with E-state index in [1.165, 1.54) is 80.0 Å². The Morgan fingerprint density at radius 1 is 0.365 bits per heavy atom. The fraction of sp³-hybridized carbons (Fsp3) is 0. The first kappa shape index (κ1) is 34.6. The highest BCUT2D eigenvalue weighted by Crippen LogP contribution is 2.46. The predicted molar refractivity (Wildman–Crippen MR) is 267 cm³/mol. The van der Waals surface area contributed by atoms with Crippen molar-refractivity contribution in [2.24, 2.45) is 0 Å². The number of para-hydroxylation sites is 4. The van der Waals surface area contributed by atoms with Gasteiger partial charge in [-0.3, -0.25) is 0 Å². The summed E-state index contributed by atoms with van der Waals surface area (Å²) in [6.07, 6.45) is 0. The van der Waals surface area contributed by atoms with Crippen molar-refractivity contribution in [3.05, 3.63) is 206 Å². The first-order valence-electron chi connectivity index (χ1n) is 21.4. The van der Waals surface area contributed by atoms with Gasteiger partial charge in [-0.1, -0.05) is 152 Å².